The Bertz CT molecular complexity index is 946. The maximum atomic E-state index is 6.06. The van der Waals surface area contributed by atoms with Gasteiger partial charge < -0.3 is 4.42 Å². The summed E-state index contributed by atoms with van der Waals surface area (Å²) in [5.41, 5.74) is 5.80. The minimum absolute atomic E-state index is 0.888. The highest BCUT2D eigenvalue weighted by atomic mass is 16.4. The van der Waals surface area contributed by atoms with Crippen LogP contribution >= 0.6 is 0 Å². The Morgan fingerprint density at radius 3 is 2.95 bits per heavy atom. The first-order chi connectivity index (χ1) is 9.42. The molecule has 0 amide bonds. The molecule has 0 saturated heterocycles. The standard InChI is InChI=1S/C16H11N2O/c1-2-7-13-11(5-1)10-18-15-14(19-16(13)18)9-12-6-3-4-8-17(12)15/h1-9H,10H2/q+1. The molecule has 1 aliphatic rings. The van der Waals surface area contributed by atoms with Gasteiger partial charge in [-0.15, -0.1) is 0 Å². The average molecular weight is 247 g/mol. The molecule has 0 bridgehead atoms. The molecule has 19 heavy (non-hydrogen) atoms. The third kappa shape index (κ3) is 1.06. The van der Waals surface area contributed by atoms with E-state index >= 15 is 0 Å². The molecular weight excluding hydrogens is 236 g/mol. The van der Waals surface area contributed by atoms with Crippen molar-refractivity contribution < 1.29 is 8.98 Å². The Hall–Kier alpha value is -2.55. The maximum absolute atomic E-state index is 6.06. The van der Waals surface area contributed by atoms with Crippen LogP contribution in [0.3, 0.4) is 0 Å². The number of pyridine rings is 1. The Kier molecular flexibility index (Phi) is 1.51. The fraction of sp³-hybridized carbons (Fsp3) is 0.0625. The van der Waals surface area contributed by atoms with E-state index in [2.05, 4.69) is 57.6 Å². The van der Waals surface area contributed by atoms with Crippen LogP contribution in [0.25, 0.3) is 28.2 Å². The van der Waals surface area contributed by atoms with Crippen LogP contribution in [0.2, 0.25) is 0 Å². The van der Waals surface area contributed by atoms with Crippen molar-refractivity contribution in [2.24, 2.45) is 0 Å². The highest BCUT2D eigenvalue weighted by molar-refractivity contribution is 5.79. The number of oxazole rings is 1. The van der Waals surface area contributed by atoms with E-state index in [1.165, 1.54) is 16.6 Å². The van der Waals surface area contributed by atoms with Crippen molar-refractivity contribution in [2.75, 3.05) is 0 Å². The van der Waals surface area contributed by atoms with Crippen molar-refractivity contribution in [3.8, 4) is 11.5 Å². The highest BCUT2D eigenvalue weighted by Gasteiger charge is 2.32. The van der Waals surface area contributed by atoms with Gasteiger partial charge in [0, 0.05) is 11.6 Å². The summed E-state index contributed by atoms with van der Waals surface area (Å²) in [4.78, 5) is 0. The van der Waals surface area contributed by atoms with Gasteiger partial charge in [-0.3, -0.25) is 0 Å². The fourth-order valence-corrected chi connectivity index (χ4v) is 3.06. The van der Waals surface area contributed by atoms with Crippen molar-refractivity contribution in [3.63, 3.8) is 0 Å². The number of nitrogens with zero attached hydrogens (tertiary/aromatic N) is 2. The highest BCUT2D eigenvalue weighted by Crippen LogP contribution is 2.32. The predicted octanol–water partition coefficient (Wildman–Crippen LogP) is 3.00. The van der Waals surface area contributed by atoms with E-state index in [1.54, 1.807) is 0 Å². The second kappa shape index (κ2) is 3.06. The number of hydrogen-bond acceptors (Lipinski definition) is 1. The van der Waals surface area contributed by atoms with Gasteiger partial charge in [0.05, 0.1) is 11.8 Å². The molecule has 0 N–H and O–H groups in total. The number of aromatic nitrogens is 2. The van der Waals surface area contributed by atoms with Gasteiger partial charge in [-0.05, 0) is 18.2 Å². The van der Waals surface area contributed by atoms with E-state index in [0.29, 0.717) is 0 Å². The molecule has 1 aromatic carbocycles. The molecule has 3 aromatic heterocycles. The van der Waals surface area contributed by atoms with Gasteiger partial charge >= 0.3 is 5.65 Å². The molecule has 0 spiro atoms. The zero-order valence-electron chi connectivity index (χ0n) is 10.2. The number of hydrogen-bond donors (Lipinski definition) is 0. The smallest absolute Gasteiger partial charge is 0.333 e. The van der Waals surface area contributed by atoms with E-state index < -0.39 is 0 Å². The van der Waals surface area contributed by atoms with Gasteiger partial charge in [0.15, 0.2) is 0 Å². The summed E-state index contributed by atoms with van der Waals surface area (Å²) in [6.45, 7) is 0.888. The van der Waals surface area contributed by atoms with Crippen LogP contribution in [0.1, 0.15) is 5.56 Å². The second-order valence-electron chi connectivity index (χ2n) is 4.98. The molecule has 0 unspecified atom stereocenters. The third-order valence-electron chi connectivity index (χ3n) is 3.90. The van der Waals surface area contributed by atoms with Gasteiger partial charge in [0.1, 0.15) is 12.1 Å². The SMILES string of the molecule is c1ccc2c(c1)C[n+]1c-2oc2cc3ccccn3c21. The molecule has 4 aromatic rings. The summed E-state index contributed by atoms with van der Waals surface area (Å²) in [7, 11) is 0. The molecule has 0 saturated carbocycles. The monoisotopic (exact) mass is 247 g/mol. The first-order valence-electron chi connectivity index (χ1n) is 6.42. The molecule has 0 radical (unpaired) electrons. The minimum atomic E-state index is 0.888. The summed E-state index contributed by atoms with van der Waals surface area (Å²) in [6, 6.07) is 16.7. The van der Waals surface area contributed by atoms with Gasteiger partial charge in [0.25, 0.3) is 5.89 Å². The number of rotatable bonds is 0. The van der Waals surface area contributed by atoms with Gasteiger partial charge in [-0.1, -0.05) is 24.3 Å². The van der Waals surface area contributed by atoms with Gasteiger partial charge in [0.2, 0.25) is 5.58 Å². The molecule has 0 aliphatic carbocycles. The third-order valence-corrected chi connectivity index (χ3v) is 3.90. The largest absolute Gasteiger partial charge is 0.414 e. The lowest BCUT2D eigenvalue weighted by atomic mass is 10.1. The molecule has 0 atom stereocenters. The lowest BCUT2D eigenvalue weighted by Crippen LogP contribution is -2.31. The Balaban J connectivity index is 1.94. The summed E-state index contributed by atoms with van der Waals surface area (Å²) in [6.07, 6.45) is 2.09. The molecule has 90 valence electrons. The van der Waals surface area contributed by atoms with Crippen molar-refractivity contribution in [3.05, 3.63) is 60.3 Å². The summed E-state index contributed by atoms with van der Waals surface area (Å²) < 4.78 is 10.5. The first kappa shape index (κ1) is 9.39. The molecular formula is C16H11N2O+. The van der Waals surface area contributed by atoms with Crippen molar-refractivity contribution >= 4 is 16.7 Å². The molecule has 1 aliphatic heterocycles. The topological polar surface area (TPSA) is 21.4 Å². The van der Waals surface area contributed by atoms with Crippen molar-refractivity contribution in [1.82, 2.24) is 4.40 Å². The van der Waals surface area contributed by atoms with E-state index in [-0.39, 0.29) is 0 Å². The number of benzene rings is 1. The summed E-state index contributed by atoms with van der Waals surface area (Å²) >= 11 is 0. The van der Waals surface area contributed by atoms with Crippen LogP contribution < -0.4 is 4.57 Å². The molecule has 0 fully saturated rings. The van der Waals surface area contributed by atoms with Crippen LogP contribution in [-0.4, -0.2) is 4.40 Å². The Morgan fingerprint density at radius 1 is 1.05 bits per heavy atom. The predicted molar refractivity (Wildman–Crippen MR) is 71.9 cm³/mol. The van der Waals surface area contributed by atoms with Crippen LogP contribution in [0, 0.1) is 0 Å². The Morgan fingerprint density at radius 2 is 1.95 bits per heavy atom. The zero-order chi connectivity index (χ0) is 12.4. The quantitative estimate of drug-likeness (QED) is 0.385. The first-order valence-corrected chi connectivity index (χ1v) is 6.42. The normalized spacial score (nSPS) is 13.1. The van der Waals surface area contributed by atoms with Crippen molar-refractivity contribution in [1.29, 1.82) is 0 Å². The second-order valence-corrected chi connectivity index (χ2v) is 4.98. The average Bonchev–Trinajstić information content (AvgIpc) is 3.05. The lowest BCUT2D eigenvalue weighted by molar-refractivity contribution is -0.651. The van der Waals surface area contributed by atoms with Gasteiger partial charge in [-0.2, -0.15) is 8.97 Å². The van der Waals surface area contributed by atoms with E-state index in [1.807, 2.05) is 6.07 Å². The van der Waals surface area contributed by atoms with Crippen molar-refractivity contribution in [2.45, 2.75) is 6.54 Å². The van der Waals surface area contributed by atoms with E-state index in [9.17, 15) is 0 Å². The maximum Gasteiger partial charge on any atom is 0.333 e. The fourth-order valence-electron chi connectivity index (χ4n) is 3.06. The number of fused-ring (bicyclic) bond motifs is 7. The van der Waals surface area contributed by atoms with Crippen LogP contribution in [0.4, 0.5) is 0 Å². The molecule has 3 heteroatoms. The lowest BCUT2D eigenvalue weighted by Gasteiger charge is -1.91. The van der Waals surface area contributed by atoms with Crippen LogP contribution in [0.15, 0.2) is 59.1 Å². The summed E-state index contributed by atoms with van der Waals surface area (Å²) in [5.74, 6) is 0.971. The van der Waals surface area contributed by atoms with Crippen LogP contribution in [-0.2, 0) is 6.54 Å². The van der Waals surface area contributed by atoms with E-state index in [0.717, 1.165) is 23.7 Å². The van der Waals surface area contributed by atoms with E-state index in [4.69, 9.17) is 4.42 Å². The molecule has 4 heterocycles. The van der Waals surface area contributed by atoms with Gasteiger partial charge in [-0.25, -0.2) is 0 Å². The zero-order valence-corrected chi connectivity index (χ0v) is 10.2. The van der Waals surface area contributed by atoms with Crippen LogP contribution in [0.5, 0.6) is 0 Å². The minimum Gasteiger partial charge on any atom is -0.414 e. The Labute approximate surface area is 109 Å². The summed E-state index contributed by atoms with van der Waals surface area (Å²) in [5, 5.41) is 0. The molecule has 3 nitrogen and oxygen atoms in total. The molecule has 5 rings (SSSR count).